The summed E-state index contributed by atoms with van der Waals surface area (Å²) in [7, 11) is 0. The molecule has 148 valence electrons. The average molecular weight is 395 g/mol. The molecule has 1 atom stereocenters. The highest BCUT2D eigenvalue weighted by molar-refractivity contribution is 7.07. The molecular weight excluding hydrogens is 370 g/mol. The van der Waals surface area contributed by atoms with Crippen molar-refractivity contribution in [3.63, 3.8) is 0 Å². The fourth-order valence-electron chi connectivity index (χ4n) is 3.32. The van der Waals surface area contributed by atoms with Crippen LogP contribution in [-0.2, 0) is 14.3 Å². The summed E-state index contributed by atoms with van der Waals surface area (Å²) in [6, 6.07) is 0. The molecule has 3 amide bonds. The predicted molar refractivity (Wildman–Crippen MR) is 98.3 cm³/mol. The summed E-state index contributed by atoms with van der Waals surface area (Å²) in [4.78, 5) is 38.6. The number of carbonyl (C=O) groups is 3. The minimum Gasteiger partial charge on any atom is -0.376 e. The zero-order chi connectivity index (χ0) is 19.2. The number of nitrogens with zero attached hydrogens (tertiary/aromatic N) is 3. The number of aromatic nitrogens is 2. The van der Waals surface area contributed by atoms with Gasteiger partial charge < -0.3 is 20.3 Å². The van der Waals surface area contributed by atoms with Crippen molar-refractivity contribution in [3.8, 4) is 0 Å². The van der Waals surface area contributed by atoms with E-state index in [1.807, 2.05) is 0 Å². The second kappa shape index (κ2) is 9.23. The molecule has 1 aromatic heterocycles. The van der Waals surface area contributed by atoms with Crippen LogP contribution in [0.4, 0.5) is 0 Å². The number of carbonyl (C=O) groups excluding carboxylic acids is 3. The molecule has 1 aromatic rings. The number of ether oxygens (including phenoxy) is 1. The Balaban J connectivity index is 1.35. The molecule has 0 spiro atoms. The standard InChI is InChI=1S/C17H25N5O4S/c1-11-14(27-21-20-11)17(25)22-6-4-12(5-7-22)9-18-15(23)16(24)19-10-13-3-2-8-26-13/h12-13H,2-10H2,1H3,(H,18,23)(H,19,24)/t13-/m0/s1. The van der Waals surface area contributed by atoms with E-state index in [0.29, 0.717) is 43.4 Å². The zero-order valence-electron chi connectivity index (χ0n) is 15.4. The number of likely N-dealkylation sites (tertiary alicyclic amines) is 1. The number of rotatable bonds is 5. The summed E-state index contributed by atoms with van der Waals surface area (Å²) in [6.07, 6.45) is 3.49. The molecule has 3 rings (SSSR count). The topological polar surface area (TPSA) is 114 Å². The first-order valence-corrected chi connectivity index (χ1v) is 10.1. The number of piperidine rings is 1. The zero-order valence-corrected chi connectivity index (χ0v) is 16.2. The average Bonchev–Trinajstić information content (AvgIpc) is 3.35. The van der Waals surface area contributed by atoms with Crippen LogP contribution in [0, 0.1) is 12.8 Å². The Morgan fingerprint density at radius 2 is 1.85 bits per heavy atom. The number of aryl methyl sites for hydroxylation is 1. The van der Waals surface area contributed by atoms with Crippen LogP contribution in [0.1, 0.15) is 41.0 Å². The quantitative estimate of drug-likeness (QED) is 0.684. The lowest BCUT2D eigenvalue weighted by Gasteiger charge is -2.31. The maximum absolute atomic E-state index is 12.4. The van der Waals surface area contributed by atoms with E-state index < -0.39 is 11.8 Å². The SMILES string of the molecule is Cc1nnsc1C(=O)N1CCC(CNC(=O)C(=O)NC[C@@H]2CCCO2)CC1. The first-order valence-electron chi connectivity index (χ1n) is 9.30. The molecule has 0 aliphatic carbocycles. The molecule has 10 heteroatoms. The van der Waals surface area contributed by atoms with E-state index in [1.165, 1.54) is 0 Å². The molecule has 27 heavy (non-hydrogen) atoms. The van der Waals surface area contributed by atoms with Crippen LogP contribution in [0.15, 0.2) is 0 Å². The summed E-state index contributed by atoms with van der Waals surface area (Å²) in [6.45, 7) is 4.56. The van der Waals surface area contributed by atoms with E-state index in [0.717, 1.165) is 37.2 Å². The van der Waals surface area contributed by atoms with Crippen molar-refractivity contribution in [2.24, 2.45) is 5.92 Å². The van der Waals surface area contributed by atoms with Crippen molar-refractivity contribution < 1.29 is 19.1 Å². The number of amides is 3. The first-order chi connectivity index (χ1) is 13.0. The molecule has 0 unspecified atom stereocenters. The second-order valence-electron chi connectivity index (χ2n) is 6.98. The van der Waals surface area contributed by atoms with Crippen LogP contribution >= 0.6 is 11.5 Å². The number of hydrogen-bond acceptors (Lipinski definition) is 7. The Kier molecular flexibility index (Phi) is 6.73. The van der Waals surface area contributed by atoms with Crippen molar-refractivity contribution in [1.82, 2.24) is 25.1 Å². The van der Waals surface area contributed by atoms with Gasteiger partial charge in [-0.3, -0.25) is 14.4 Å². The second-order valence-corrected chi connectivity index (χ2v) is 7.73. The molecule has 0 radical (unpaired) electrons. The summed E-state index contributed by atoms with van der Waals surface area (Å²) in [5.74, 6) is -1.01. The van der Waals surface area contributed by atoms with Gasteiger partial charge in [0.2, 0.25) is 0 Å². The van der Waals surface area contributed by atoms with Gasteiger partial charge in [0.1, 0.15) is 4.88 Å². The lowest BCUT2D eigenvalue weighted by atomic mass is 9.96. The van der Waals surface area contributed by atoms with Crippen molar-refractivity contribution >= 4 is 29.3 Å². The Bertz CT molecular complexity index is 681. The van der Waals surface area contributed by atoms with Gasteiger partial charge in [-0.15, -0.1) is 5.10 Å². The van der Waals surface area contributed by atoms with Crippen LogP contribution in [0.25, 0.3) is 0 Å². The largest absolute Gasteiger partial charge is 0.376 e. The highest BCUT2D eigenvalue weighted by Crippen LogP contribution is 2.20. The van der Waals surface area contributed by atoms with Crippen molar-refractivity contribution in [2.45, 2.75) is 38.7 Å². The monoisotopic (exact) mass is 395 g/mol. The lowest BCUT2D eigenvalue weighted by molar-refractivity contribution is -0.139. The van der Waals surface area contributed by atoms with Gasteiger partial charge in [0.25, 0.3) is 5.91 Å². The van der Waals surface area contributed by atoms with E-state index in [-0.39, 0.29) is 17.9 Å². The number of nitrogens with one attached hydrogen (secondary N) is 2. The van der Waals surface area contributed by atoms with E-state index >= 15 is 0 Å². The van der Waals surface area contributed by atoms with Gasteiger partial charge >= 0.3 is 11.8 Å². The molecule has 0 saturated carbocycles. The van der Waals surface area contributed by atoms with Crippen LogP contribution < -0.4 is 10.6 Å². The maximum atomic E-state index is 12.4. The summed E-state index contributed by atoms with van der Waals surface area (Å²) < 4.78 is 9.23. The molecule has 0 aromatic carbocycles. The molecule has 2 aliphatic heterocycles. The van der Waals surface area contributed by atoms with Gasteiger partial charge in [0, 0.05) is 32.8 Å². The highest BCUT2D eigenvalue weighted by atomic mass is 32.1. The Morgan fingerprint density at radius 3 is 2.44 bits per heavy atom. The third-order valence-electron chi connectivity index (χ3n) is 5.02. The Morgan fingerprint density at radius 1 is 1.15 bits per heavy atom. The fourth-order valence-corrected chi connectivity index (χ4v) is 3.95. The summed E-state index contributed by atoms with van der Waals surface area (Å²) >= 11 is 1.12. The van der Waals surface area contributed by atoms with Crippen molar-refractivity contribution in [2.75, 3.05) is 32.8 Å². The lowest BCUT2D eigenvalue weighted by Crippen LogP contribution is -2.46. The van der Waals surface area contributed by atoms with Crippen LogP contribution in [-0.4, -0.2) is 71.1 Å². The molecule has 2 aliphatic rings. The molecule has 2 N–H and O–H groups in total. The van der Waals surface area contributed by atoms with Crippen molar-refractivity contribution in [3.05, 3.63) is 10.6 Å². The fraction of sp³-hybridized carbons (Fsp3) is 0.706. The first kappa shape index (κ1) is 19.7. The van der Waals surface area contributed by atoms with E-state index in [1.54, 1.807) is 11.8 Å². The maximum Gasteiger partial charge on any atom is 0.309 e. The molecule has 2 fully saturated rings. The Labute approximate surface area is 162 Å². The highest BCUT2D eigenvalue weighted by Gasteiger charge is 2.27. The molecule has 2 saturated heterocycles. The van der Waals surface area contributed by atoms with Gasteiger partial charge in [-0.1, -0.05) is 4.49 Å². The molecule has 0 bridgehead atoms. The van der Waals surface area contributed by atoms with E-state index in [2.05, 4.69) is 20.2 Å². The van der Waals surface area contributed by atoms with Gasteiger partial charge in [-0.25, -0.2) is 0 Å². The molecule has 3 heterocycles. The predicted octanol–water partition coefficient (Wildman–Crippen LogP) is 0.110. The van der Waals surface area contributed by atoms with Gasteiger partial charge in [0.15, 0.2) is 0 Å². The smallest absolute Gasteiger partial charge is 0.309 e. The Hall–Kier alpha value is -2.07. The number of hydrogen-bond donors (Lipinski definition) is 2. The third kappa shape index (κ3) is 5.23. The van der Waals surface area contributed by atoms with Gasteiger partial charge in [-0.05, 0) is 50.1 Å². The minimum absolute atomic E-state index is 0.0148. The molecular formula is C17H25N5O4S. The molecule has 9 nitrogen and oxygen atoms in total. The summed E-state index contributed by atoms with van der Waals surface area (Å²) in [5, 5.41) is 9.19. The normalized spacial score (nSPS) is 20.5. The minimum atomic E-state index is -0.619. The van der Waals surface area contributed by atoms with Crippen LogP contribution in [0.3, 0.4) is 0 Å². The van der Waals surface area contributed by atoms with Gasteiger partial charge in [-0.2, -0.15) is 0 Å². The van der Waals surface area contributed by atoms with E-state index in [9.17, 15) is 14.4 Å². The van der Waals surface area contributed by atoms with Crippen LogP contribution in [0.5, 0.6) is 0 Å². The van der Waals surface area contributed by atoms with Crippen LogP contribution in [0.2, 0.25) is 0 Å². The van der Waals surface area contributed by atoms with Crippen molar-refractivity contribution in [1.29, 1.82) is 0 Å². The van der Waals surface area contributed by atoms with Gasteiger partial charge in [0.05, 0.1) is 11.8 Å². The van der Waals surface area contributed by atoms with E-state index in [4.69, 9.17) is 4.74 Å². The third-order valence-corrected chi connectivity index (χ3v) is 5.84. The summed E-state index contributed by atoms with van der Waals surface area (Å²) in [5.41, 5.74) is 0.661.